The van der Waals surface area contributed by atoms with Crippen molar-refractivity contribution >= 4 is 34.2 Å². The quantitative estimate of drug-likeness (QED) is 0.148. The van der Waals surface area contributed by atoms with Crippen LogP contribution in [-0.4, -0.2) is 64.8 Å². The highest BCUT2D eigenvalue weighted by molar-refractivity contribution is 6.06. The number of nitrogens with one attached hydrogen (secondary N) is 1. The van der Waals surface area contributed by atoms with E-state index < -0.39 is 11.9 Å². The summed E-state index contributed by atoms with van der Waals surface area (Å²) in [6.45, 7) is 5.33. The predicted molar refractivity (Wildman–Crippen MR) is 217 cm³/mol. The smallest absolute Gasteiger partial charge is 0.255 e. The van der Waals surface area contributed by atoms with Crippen LogP contribution >= 0.6 is 0 Å². The Labute approximate surface area is 325 Å². The first-order valence-electron chi connectivity index (χ1n) is 19.2. The summed E-state index contributed by atoms with van der Waals surface area (Å²) in [7, 11) is 0. The van der Waals surface area contributed by atoms with E-state index in [0.29, 0.717) is 24.3 Å². The fourth-order valence-corrected chi connectivity index (χ4v) is 8.34. The second-order valence-corrected chi connectivity index (χ2v) is 14.9. The third-order valence-electron chi connectivity index (χ3n) is 11.3. The summed E-state index contributed by atoms with van der Waals surface area (Å²) in [5, 5.41) is 14.6. The molecule has 280 valence electrons. The fourth-order valence-electron chi connectivity index (χ4n) is 8.34. The van der Waals surface area contributed by atoms with Gasteiger partial charge in [-0.25, -0.2) is 0 Å². The highest BCUT2D eigenvalue weighted by Crippen LogP contribution is 2.40. The van der Waals surface area contributed by atoms with Gasteiger partial charge in [0.15, 0.2) is 0 Å². The first kappa shape index (κ1) is 35.3. The highest BCUT2D eigenvalue weighted by atomic mass is 16.5. The average molecular weight is 743 g/mol. The third-order valence-corrected chi connectivity index (χ3v) is 11.3. The molecule has 0 spiro atoms. The second-order valence-electron chi connectivity index (χ2n) is 14.9. The Morgan fingerprint density at radius 3 is 2.25 bits per heavy atom. The van der Waals surface area contributed by atoms with E-state index in [2.05, 4.69) is 100 Å². The number of amides is 3. The molecule has 0 aromatic heterocycles. The molecule has 2 fully saturated rings. The van der Waals surface area contributed by atoms with Crippen molar-refractivity contribution in [3.63, 3.8) is 0 Å². The van der Waals surface area contributed by atoms with Crippen molar-refractivity contribution in [2.24, 2.45) is 0 Å². The van der Waals surface area contributed by atoms with Gasteiger partial charge in [-0.2, -0.15) is 0 Å². The van der Waals surface area contributed by atoms with E-state index in [1.165, 1.54) is 22.4 Å². The molecular weight excluding hydrogens is 701 g/mol. The van der Waals surface area contributed by atoms with E-state index in [0.717, 1.165) is 65.8 Å². The maximum absolute atomic E-state index is 13.2. The van der Waals surface area contributed by atoms with Crippen LogP contribution in [0, 0.1) is 0 Å². The monoisotopic (exact) mass is 742 g/mol. The molecule has 9 heteroatoms. The maximum Gasteiger partial charge on any atom is 0.255 e. The van der Waals surface area contributed by atoms with Gasteiger partial charge in [0.2, 0.25) is 11.8 Å². The number of hydrogen-bond acceptors (Lipinski definition) is 7. The SMILES string of the molecule is O=C1CCC(N2Cc3c(OCc4ccc(CN5CCN(c6ccc(-c7c(-c8ccccc8)ccc8cc(O)ccc78)cc6)CC5)cc4)cccc3C2=O)C(=O)N1. The number of ether oxygens (including phenoxy) is 1. The van der Waals surface area contributed by atoms with Crippen molar-refractivity contribution in [1.82, 2.24) is 15.1 Å². The number of phenolic OH excluding ortho intramolecular Hbond substituents is 1. The van der Waals surface area contributed by atoms with Crippen LogP contribution in [0.2, 0.25) is 0 Å². The molecule has 0 aliphatic carbocycles. The number of nitrogens with zero attached hydrogens (tertiary/aromatic N) is 3. The van der Waals surface area contributed by atoms with E-state index in [9.17, 15) is 19.5 Å². The number of carbonyl (C=O) groups excluding carboxylic acids is 3. The zero-order valence-electron chi connectivity index (χ0n) is 31.0. The van der Waals surface area contributed by atoms with Gasteiger partial charge in [-0.05, 0) is 87.0 Å². The molecule has 0 radical (unpaired) electrons. The minimum Gasteiger partial charge on any atom is -0.508 e. The predicted octanol–water partition coefficient (Wildman–Crippen LogP) is 7.54. The summed E-state index contributed by atoms with van der Waals surface area (Å²) in [4.78, 5) is 43.8. The van der Waals surface area contributed by atoms with Crippen molar-refractivity contribution in [3.8, 4) is 33.8 Å². The number of anilines is 1. The highest BCUT2D eigenvalue weighted by Gasteiger charge is 2.40. The Morgan fingerprint density at radius 2 is 1.48 bits per heavy atom. The van der Waals surface area contributed by atoms with Gasteiger partial charge in [0.25, 0.3) is 5.91 Å². The molecular formula is C47H42N4O5. The molecule has 6 aromatic rings. The minimum atomic E-state index is -0.656. The largest absolute Gasteiger partial charge is 0.508 e. The van der Waals surface area contributed by atoms with E-state index in [-0.39, 0.29) is 30.5 Å². The summed E-state index contributed by atoms with van der Waals surface area (Å²) in [6.07, 6.45) is 0.550. The van der Waals surface area contributed by atoms with Gasteiger partial charge in [-0.1, -0.05) is 91.0 Å². The van der Waals surface area contributed by atoms with Crippen molar-refractivity contribution in [3.05, 3.63) is 150 Å². The number of fused-ring (bicyclic) bond motifs is 2. The van der Waals surface area contributed by atoms with Gasteiger partial charge in [0.05, 0.1) is 6.54 Å². The standard InChI is InChI=1S/C47H42N4O5/c52-37-18-20-39-35(27-37)15-19-38(33-5-2-1-3-6-33)45(39)34-13-16-36(17-14-34)50-25-23-49(24-26-50)28-31-9-11-32(12-10-31)30-56-43-8-4-7-40-41(43)29-51(47(40)55)42-21-22-44(53)48-46(42)54/h1-20,27,42,52H,21-26,28-30H2,(H,48,53,54). The average Bonchev–Trinajstić information content (AvgIpc) is 3.56. The Hall–Kier alpha value is -6.45. The molecule has 3 aliphatic heterocycles. The molecule has 2 saturated heterocycles. The van der Waals surface area contributed by atoms with Crippen LogP contribution in [-0.2, 0) is 29.3 Å². The van der Waals surface area contributed by atoms with Crippen molar-refractivity contribution in [2.75, 3.05) is 31.1 Å². The van der Waals surface area contributed by atoms with Crippen LogP contribution in [0.4, 0.5) is 5.69 Å². The van der Waals surface area contributed by atoms with Crippen molar-refractivity contribution in [1.29, 1.82) is 0 Å². The van der Waals surface area contributed by atoms with Gasteiger partial charge in [0, 0.05) is 56.0 Å². The lowest BCUT2D eigenvalue weighted by Crippen LogP contribution is -2.52. The van der Waals surface area contributed by atoms with Crippen LogP contribution in [0.5, 0.6) is 11.5 Å². The summed E-state index contributed by atoms with van der Waals surface area (Å²) in [5.41, 5.74) is 9.46. The lowest BCUT2D eigenvalue weighted by atomic mass is 9.89. The first-order valence-corrected chi connectivity index (χ1v) is 19.2. The van der Waals surface area contributed by atoms with Crippen LogP contribution in [0.3, 0.4) is 0 Å². The van der Waals surface area contributed by atoms with Gasteiger partial charge < -0.3 is 19.6 Å². The van der Waals surface area contributed by atoms with E-state index >= 15 is 0 Å². The topological polar surface area (TPSA) is 102 Å². The van der Waals surface area contributed by atoms with Crippen LogP contribution in [0.1, 0.15) is 39.9 Å². The number of carbonyl (C=O) groups is 3. The molecule has 0 saturated carbocycles. The molecule has 0 bridgehead atoms. The van der Waals surface area contributed by atoms with E-state index in [1.54, 1.807) is 23.1 Å². The molecule has 3 heterocycles. The normalized spacial score (nSPS) is 17.3. The van der Waals surface area contributed by atoms with Gasteiger partial charge in [-0.3, -0.25) is 24.6 Å². The number of rotatable bonds is 9. The van der Waals surface area contributed by atoms with Gasteiger partial charge in [-0.15, -0.1) is 0 Å². The first-order chi connectivity index (χ1) is 27.4. The van der Waals surface area contributed by atoms with Crippen molar-refractivity contribution in [2.45, 2.75) is 38.6 Å². The summed E-state index contributed by atoms with van der Waals surface area (Å²) in [5.74, 6) is -0.0273. The Morgan fingerprint density at radius 1 is 0.714 bits per heavy atom. The van der Waals surface area contributed by atoms with Crippen molar-refractivity contribution < 1.29 is 24.2 Å². The van der Waals surface area contributed by atoms with Crippen LogP contribution in [0.25, 0.3) is 33.0 Å². The van der Waals surface area contributed by atoms with Crippen LogP contribution in [0.15, 0.2) is 127 Å². The minimum absolute atomic E-state index is 0.208. The molecule has 6 aromatic carbocycles. The number of benzene rings is 6. The van der Waals surface area contributed by atoms with Gasteiger partial charge >= 0.3 is 0 Å². The Kier molecular flexibility index (Phi) is 9.44. The lowest BCUT2D eigenvalue weighted by molar-refractivity contribution is -0.136. The third kappa shape index (κ3) is 6.97. The number of piperidine rings is 1. The molecule has 1 atom stereocenters. The molecule has 9 nitrogen and oxygen atoms in total. The van der Waals surface area contributed by atoms with Crippen LogP contribution < -0.4 is 15.0 Å². The number of phenols is 1. The Balaban J connectivity index is 0.806. The van der Waals surface area contributed by atoms with E-state index in [1.807, 2.05) is 24.3 Å². The summed E-state index contributed by atoms with van der Waals surface area (Å²) >= 11 is 0. The molecule has 2 N–H and O–H groups in total. The molecule has 9 rings (SSSR count). The summed E-state index contributed by atoms with van der Waals surface area (Å²) < 4.78 is 6.23. The molecule has 1 unspecified atom stereocenters. The second kappa shape index (κ2) is 15.0. The maximum atomic E-state index is 13.2. The zero-order chi connectivity index (χ0) is 38.2. The summed E-state index contributed by atoms with van der Waals surface area (Å²) in [6, 6.07) is 42.5. The fraction of sp³-hybridized carbons (Fsp3) is 0.213. The molecule has 56 heavy (non-hydrogen) atoms. The van der Waals surface area contributed by atoms with E-state index in [4.69, 9.17) is 4.74 Å². The number of imide groups is 1. The Bertz CT molecular complexity index is 2440. The lowest BCUT2D eigenvalue weighted by Gasteiger charge is -2.36. The van der Waals surface area contributed by atoms with Gasteiger partial charge in [0.1, 0.15) is 24.1 Å². The zero-order valence-corrected chi connectivity index (χ0v) is 31.0. The number of aromatic hydroxyl groups is 1. The molecule has 3 amide bonds. The number of piperazine rings is 1. The number of hydrogen-bond donors (Lipinski definition) is 2. The molecule has 3 aliphatic rings.